The van der Waals surface area contributed by atoms with Gasteiger partial charge in [-0.3, -0.25) is 10.1 Å². The van der Waals surface area contributed by atoms with Crippen molar-refractivity contribution in [3.05, 3.63) is 51.2 Å². The van der Waals surface area contributed by atoms with Crippen LogP contribution in [-0.2, 0) is 0 Å². The van der Waals surface area contributed by atoms with E-state index in [0.29, 0.717) is 5.03 Å². The summed E-state index contributed by atoms with van der Waals surface area (Å²) in [6.45, 7) is 1.99. The van der Waals surface area contributed by atoms with Crippen LogP contribution in [0.5, 0.6) is 0 Å². The second-order valence-electron chi connectivity index (χ2n) is 2.97. The third-order valence-corrected chi connectivity index (χ3v) is 2.41. The molecule has 0 spiro atoms. The van der Waals surface area contributed by atoms with E-state index < -0.39 is 4.92 Å². The molecule has 0 aliphatic carbocycles. The standard InChI is InChI=1S/C10H12N2O2S/c1-8-3-5-9(6-4-8)11-10(15-2)7-12(13)14/h3-7,11H,1-2H3. The molecule has 15 heavy (non-hydrogen) atoms. The normalized spacial score (nSPS) is 11.2. The maximum atomic E-state index is 10.3. The summed E-state index contributed by atoms with van der Waals surface area (Å²) < 4.78 is 0. The minimum Gasteiger partial charge on any atom is -0.345 e. The van der Waals surface area contributed by atoms with Gasteiger partial charge < -0.3 is 5.32 Å². The summed E-state index contributed by atoms with van der Waals surface area (Å²) in [5.74, 6) is 0. The summed E-state index contributed by atoms with van der Waals surface area (Å²) in [6, 6.07) is 7.68. The predicted molar refractivity (Wildman–Crippen MR) is 63.4 cm³/mol. The number of rotatable bonds is 4. The Morgan fingerprint density at radius 2 is 2.07 bits per heavy atom. The molecule has 1 N–H and O–H groups in total. The van der Waals surface area contributed by atoms with Crippen LogP contribution in [0.2, 0.25) is 0 Å². The summed E-state index contributed by atoms with van der Waals surface area (Å²) in [5.41, 5.74) is 2.01. The number of anilines is 1. The molecule has 1 aromatic rings. The highest BCUT2D eigenvalue weighted by molar-refractivity contribution is 8.02. The lowest BCUT2D eigenvalue weighted by Crippen LogP contribution is -1.98. The van der Waals surface area contributed by atoms with Crippen LogP contribution >= 0.6 is 11.8 Å². The van der Waals surface area contributed by atoms with E-state index in [0.717, 1.165) is 17.5 Å². The molecule has 0 radical (unpaired) electrons. The van der Waals surface area contributed by atoms with Gasteiger partial charge in [0.05, 0.1) is 4.92 Å². The van der Waals surface area contributed by atoms with Crippen molar-refractivity contribution < 1.29 is 4.92 Å². The van der Waals surface area contributed by atoms with E-state index in [4.69, 9.17) is 0 Å². The van der Waals surface area contributed by atoms with Crippen molar-refractivity contribution in [1.82, 2.24) is 0 Å². The van der Waals surface area contributed by atoms with E-state index in [1.54, 1.807) is 6.26 Å². The van der Waals surface area contributed by atoms with Gasteiger partial charge in [0.1, 0.15) is 5.03 Å². The molecule has 1 aromatic carbocycles. The average Bonchev–Trinajstić information content (AvgIpc) is 2.19. The Hall–Kier alpha value is -1.49. The summed E-state index contributed by atoms with van der Waals surface area (Å²) in [6.07, 6.45) is 2.75. The predicted octanol–water partition coefficient (Wildman–Crippen LogP) is 2.85. The maximum Gasteiger partial charge on any atom is 0.264 e. The number of benzene rings is 1. The number of nitrogens with one attached hydrogen (secondary N) is 1. The highest BCUT2D eigenvalue weighted by Crippen LogP contribution is 2.17. The van der Waals surface area contributed by atoms with E-state index >= 15 is 0 Å². The van der Waals surface area contributed by atoms with Gasteiger partial charge in [-0.1, -0.05) is 17.7 Å². The maximum absolute atomic E-state index is 10.3. The lowest BCUT2D eigenvalue weighted by atomic mass is 10.2. The third-order valence-electron chi connectivity index (χ3n) is 1.76. The van der Waals surface area contributed by atoms with Gasteiger partial charge in [0, 0.05) is 5.69 Å². The van der Waals surface area contributed by atoms with Crippen molar-refractivity contribution in [2.24, 2.45) is 0 Å². The lowest BCUT2D eigenvalue weighted by Gasteiger charge is -2.05. The Balaban J connectivity index is 2.75. The molecule has 0 atom stereocenters. The zero-order chi connectivity index (χ0) is 11.3. The van der Waals surface area contributed by atoms with Gasteiger partial charge in [0.25, 0.3) is 6.20 Å². The first-order valence-corrected chi connectivity index (χ1v) is 5.57. The number of nitro groups is 1. The molecule has 0 aromatic heterocycles. The molecule has 5 heteroatoms. The van der Waals surface area contributed by atoms with Gasteiger partial charge in [0.15, 0.2) is 0 Å². The molecule has 0 fully saturated rings. The van der Waals surface area contributed by atoms with Crippen LogP contribution in [0.4, 0.5) is 5.69 Å². The third kappa shape index (κ3) is 4.03. The lowest BCUT2D eigenvalue weighted by molar-refractivity contribution is -0.402. The van der Waals surface area contributed by atoms with E-state index in [1.165, 1.54) is 11.8 Å². The molecule has 0 saturated carbocycles. The van der Waals surface area contributed by atoms with Crippen molar-refractivity contribution in [1.29, 1.82) is 0 Å². The topological polar surface area (TPSA) is 55.2 Å². The number of nitrogens with zero attached hydrogens (tertiary/aromatic N) is 1. The van der Waals surface area contributed by atoms with E-state index in [1.807, 2.05) is 31.2 Å². The Morgan fingerprint density at radius 3 is 2.53 bits per heavy atom. The van der Waals surface area contributed by atoms with Crippen LogP contribution in [0.25, 0.3) is 0 Å². The van der Waals surface area contributed by atoms with Crippen molar-refractivity contribution in [3.8, 4) is 0 Å². The van der Waals surface area contributed by atoms with Gasteiger partial charge in [0.2, 0.25) is 0 Å². The number of hydrogen-bond donors (Lipinski definition) is 1. The van der Waals surface area contributed by atoms with Crippen molar-refractivity contribution >= 4 is 17.4 Å². The quantitative estimate of drug-likeness (QED) is 0.631. The van der Waals surface area contributed by atoms with Crippen LogP contribution in [0.15, 0.2) is 35.5 Å². The Morgan fingerprint density at radius 1 is 1.47 bits per heavy atom. The highest BCUT2D eigenvalue weighted by Gasteiger charge is 2.01. The molecule has 4 nitrogen and oxygen atoms in total. The summed E-state index contributed by atoms with van der Waals surface area (Å²) in [4.78, 5) is 9.82. The van der Waals surface area contributed by atoms with Crippen LogP contribution in [0.1, 0.15) is 5.56 Å². The van der Waals surface area contributed by atoms with Crippen LogP contribution in [0, 0.1) is 17.0 Å². The Bertz CT molecular complexity index is 374. The first-order chi connectivity index (χ1) is 7.11. The second-order valence-corrected chi connectivity index (χ2v) is 3.82. The molecule has 1 rings (SSSR count). The largest absolute Gasteiger partial charge is 0.345 e. The van der Waals surface area contributed by atoms with Crippen molar-refractivity contribution in [2.45, 2.75) is 6.92 Å². The Kier molecular flexibility index (Phi) is 4.17. The van der Waals surface area contributed by atoms with E-state index in [9.17, 15) is 10.1 Å². The fraction of sp³-hybridized carbons (Fsp3) is 0.200. The zero-order valence-electron chi connectivity index (χ0n) is 8.56. The van der Waals surface area contributed by atoms with E-state index in [2.05, 4.69) is 5.32 Å². The van der Waals surface area contributed by atoms with Crippen molar-refractivity contribution in [2.75, 3.05) is 11.6 Å². The monoisotopic (exact) mass is 224 g/mol. The fourth-order valence-corrected chi connectivity index (χ4v) is 1.42. The highest BCUT2D eigenvalue weighted by atomic mass is 32.2. The summed E-state index contributed by atoms with van der Waals surface area (Å²) in [7, 11) is 0. The first kappa shape index (κ1) is 11.6. The van der Waals surface area contributed by atoms with Crippen LogP contribution in [-0.4, -0.2) is 11.2 Å². The molecule has 0 amide bonds. The minimum absolute atomic E-state index is 0.465. The zero-order valence-corrected chi connectivity index (χ0v) is 9.38. The van der Waals surface area contributed by atoms with Crippen LogP contribution in [0.3, 0.4) is 0 Å². The molecule has 0 heterocycles. The number of aryl methyl sites for hydroxylation is 1. The smallest absolute Gasteiger partial charge is 0.264 e. The SMILES string of the molecule is CSC(=C[N+](=O)[O-])Nc1ccc(C)cc1. The molecular weight excluding hydrogens is 212 g/mol. The second kappa shape index (κ2) is 5.41. The first-order valence-electron chi connectivity index (χ1n) is 4.35. The molecular formula is C10H12N2O2S. The average molecular weight is 224 g/mol. The fourth-order valence-electron chi connectivity index (χ4n) is 1.01. The number of thioether (sulfide) groups is 1. The molecule has 0 unspecified atom stereocenters. The molecule has 80 valence electrons. The molecule has 0 aliphatic heterocycles. The van der Waals surface area contributed by atoms with Gasteiger partial charge >= 0.3 is 0 Å². The number of hydrogen-bond acceptors (Lipinski definition) is 4. The Labute approximate surface area is 92.5 Å². The molecule has 0 bridgehead atoms. The van der Waals surface area contributed by atoms with Gasteiger partial charge in [-0.25, -0.2) is 0 Å². The minimum atomic E-state index is -0.465. The van der Waals surface area contributed by atoms with Gasteiger partial charge in [-0.2, -0.15) is 0 Å². The van der Waals surface area contributed by atoms with Gasteiger partial charge in [-0.05, 0) is 25.3 Å². The van der Waals surface area contributed by atoms with Crippen LogP contribution < -0.4 is 5.32 Å². The van der Waals surface area contributed by atoms with Gasteiger partial charge in [-0.15, -0.1) is 11.8 Å². The van der Waals surface area contributed by atoms with E-state index in [-0.39, 0.29) is 0 Å². The van der Waals surface area contributed by atoms with Crippen molar-refractivity contribution in [3.63, 3.8) is 0 Å². The molecule has 0 saturated heterocycles. The molecule has 0 aliphatic rings. The summed E-state index contributed by atoms with van der Waals surface area (Å²) >= 11 is 1.31. The summed E-state index contributed by atoms with van der Waals surface area (Å²) in [5, 5.41) is 13.8.